The van der Waals surface area contributed by atoms with Gasteiger partial charge in [-0.2, -0.15) is 0 Å². The van der Waals surface area contributed by atoms with E-state index in [2.05, 4.69) is 28.1 Å². The van der Waals surface area contributed by atoms with Crippen molar-refractivity contribution in [3.05, 3.63) is 70.6 Å². The van der Waals surface area contributed by atoms with Gasteiger partial charge in [0.2, 0.25) is 0 Å². The van der Waals surface area contributed by atoms with E-state index in [1.807, 2.05) is 19.2 Å². The van der Waals surface area contributed by atoms with E-state index in [1.54, 1.807) is 12.1 Å². The van der Waals surface area contributed by atoms with Crippen LogP contribution >= 0.6 is 11.6 Å². The molecule has 2 nitrogen and oxygen atoms in total. The predicted molar refractivity (Wildman–Crippen MR) is 85.2 cm³/mol. The summed E-state index contributed by atoms with van der Waals surface area (Å²) in [6.07, 6.45) is 0. The Morgan fingerprint density at radius 2 is 1.95 bits per heavy atom. The molecule has 3 aromatic rings. The summed E-state index contributed by atoms with van der Waals surface area (Å²) in [5.74, 6) is -0.268. The monoisotopic (exact) mass is 302 g/mol. The van der Waals surface area contributed by atoms with Crippen LogP contribution in [0.1, 0.15) is 11.3 Å². The first kappa shape index (κ1) is 14.1. The highest BCUT2D eigenvalue weighted by Gasteiger charge is 2.11. The van der Waals surface area contributed by atoms with Crippen molar-refractivity contribution in [2.45, 2.75) is 13.1 Å². The molecule has 0 bridgehead atoms. The zero-order valence-electron chi connectivity index (χ0n) is 11.7. The average Bonchev–Trinajstić information content (AvgIpc) is 2.80. The normalized spacial score (nSPS) is 11.2. The number of para-hydroxylation sites is 1. The first-order valence-electron chi connectivity index (χ1n) is 6.84. The SMILES string of the molecule is CNCc1cc2ccccc2n1Cc1ccc(Cl)cc1F. The molecule has 0 amide bonds. The highest BCUT2D eigenvalue weighted by molar-refractivity contribution is 6.30. The highest BCUT2D eigenvalue weighted by Crippen LogP contribution is 2.23. The van der Waals surface area contributed by atoms with Crippen molar-refractivity contribution in [3.8, 4) is 0 Å². The predicted octanol–water partition coefficient (Wildman–Crippen LogP) is 4.20. The maximum absolute atomic E-state index is 14.0. The quantitative estimate of drug-likeness (QED) is 0.764. The van der Waals surface area contributed by atoms with E-state index in [1.165, 1.54) is 6.07 Å². The average molecular weight is 303 g/mol. The van der Waals surface area contributed by atoms with E-state index in [4.69, 9.17) is 11.6 Å². The number of hydrogen-bond donors (Lipinski definition) is 1. The number of rotatable bonds is 4. The van der Waals surface area contributed by atoms with Gasteiger partial charge in [-0.15, -0.1) is 0 Å². The van der Waals surface area contributed by atoms with Crippen molar-refractivity contribution in [2.24, 2.45) is 0 Å². The van der Waals surface area contributed by atoms with Gasteiger partial charge in [0.1, 0.15) is 5.82 Å². The lowest BCUT2D eigenvalue weighted by atomic mass is 10.2. The summed E-state index contributed by atoms with van der Waals surface area (Å²) in [5.41, 5.74) is 2.88. The van der Waals surface area contributed by atoms with E-state index >= 15 is 0 Å². The van der Waals surface area contributed by atoms with Gasteiger partial charge in [0.15, 0.2) is 0 Å². The largest absolute Gasteiger partial charge is 0.339 e. The van der Waals surface area contributed by atoms with Crippen LogP contribution in [-0.4, -0.2) is 11.6 Å². The van der Waals surface area contributed by atoms with Gasteiger partial charge in [-0.3, -0.25) is 0 Å². The molecule has 4 heteroatoms. The second-order valence-corrected chi connectivity index (χ2v) is 5.48. The molecule has 0 atom stereocenters. The Hall–Kier alpha value is -1.84. The molecule has 0 spiro atoms. The van der Waals surface area contributed by atoms with Crippen molar-refractivity contribution in [1.29, 1.82) is 0 Å². The van der Waals surface area contributed by atoms with Crippen LogP contribution in [0.2, 0.25) is 5.02 Å². The third kappa shape index (κ3) is 2.80. The van der Waals surface area contributed by atoms with Gasteiger partial charge in [-0.25, -0.2) is 4.39 Å². The van der Waals surface area contributed by atoms with Crippen LogP contribution in [0.4, 0.5) is 4.39 Å². The maximum Gasteiger partial charge on any atom is 0.129 e. The van der Waals surface area contributed by atoms with E-state index < -0.39 is 0 Å². The van der Waals surface area contributed by atoms with Gasteiger partial charge in [0, 0.05) is 28.3 Å². The molecule has 1 heterocycles. The molecule has 108 valence electrons. The number of nitrogens with zero attached hydrogens (tertiary/aromatic N) is 1. The summed E-state index contributed by atoms with van der Waals surface area (Å²) in [4.78, 5) is 0. The number of hydrogen-bond acceptors (Lipinski definition) is 1. The molecule has 0 aliphatic rings. The molecular weight excluding hydrogens is 287 g/mol. The van der Waals surface area contributed by atoms with Crippen LogP contribution in [-0.2, 0) is 13.1 Å². The lowest BCUT2D eigenvalue weighted by molar-refractivity contribution is 0.596. The zero-order valence-corrected chi connectivity index (χ0v) is 12.5. The molecule has 0 saturated carbocycles. The molecule has 0 aliphatic carbocycles. The Kier molecular flexibility index (Phi) is 3.95. The Morgan fingerprint density at radius 3 is 2.71 bits per heavy atom. The smallest absolute Gasteiger partial charge is 0.129 e. The number of halogens is 2. The second kappa shape index (κ2) is 5.88. The highest BCUT2D eigenvalue weighted by atomic mass is 35.5. The number of fused-ring (bicyclic) bond motifs is 1. The molecular formula is C17H16ClFN2. The lowest BCUT2D eigenvalue weighted by Gasteiger charge is -2.12. The Labute approximate surface area is 128 Å². The summed E-state index contributed by atoms with van der Waals surface area (Å²) in [7, 11) is 1.91. The molecule has 0 saturated heterocycles. The van der Waals surface area contributed by atoms with Gasteiger partial charge in [0.05, 0.1) is 6.54 Å². The first-order chi connectivity index (χ1) is 10.2. The van der Waals surface area contributed by atoms with E-state index in [9.17, 15) is 4.39 Å². The molecule has 0 unspecified atom stereocenters. The van der Waals surface area contributed by atoms with Crippen LogP contribution in [0.3, 0.4) is 0 Å². The summed E-state index contributed by atoms with van der Waals surface area (Å²) in [6, 6.07) is 15.1. The first-order valence-corrected chi connectivity index (χ1v) is 7.22. The van der Waals surface area contributed by atoms with E-state index in [0.717, 1.165) is 23.1 Å². The van der Waals surface area contributed by atoms with Crippen molar-refractivity contribution >= 4 is 22.5 Å². The summed E-state index contributed by atoms with van der Waals surface area (Å²) >= 11 is 5.82. The number of aromatic nitrogens is 1. The molecule has 0 radical (unpaired) electrons. The Balaban J connectivity index is 2.07. The molecule has 2 aromatic carbocycles. The van der Waals surface area contributed by atoms with Gasteiger partial charge in [-0.05, 0) is 36.7 Å². The van der Waals surface area contributed by atoms with Crippen molar-refractivity contribution in [1.82, 2.24) is 9.88 Å². The fourth-order valence-electron chi connectivity index (χ4n) is 2.60. The molecule has 0 fully saturated rings. The number of nitrogens with one attached hydrogen (secondary N) is 1. The molecule has 0 aliphatic heterocycles. The van der Waals surface area contributed by atoms with E-state index in [0.29, 0.717) is 17.1 Å². The fourth-order valence-corrected chi connectivity index (χ4v) is 2.76. The van der Waals surface area contributed by atoms with Crippen molar-refractivity contribution in [3.63, 3.8) is 0 Å². The van der Waals surface area contributed by atoms with Gasteiger partial charge in [0.25, 0.3) is 0 Å². The minimum Gasteiger partial charge on any atom is -0.339 e. The summed E-state index contributed by atoms with van der Waals surface area (Å²) in [6.45, 7) is 1.23. The van der Waals surface area contributed by atoms with Gasteiger partial charge >= 0.3 is 0 Å². The number of benzene rings is 2. The molecule has 1 aromatic heterocycles. The van der Waals surface area contributed by atoms with Gasteiger partial charge in [-0.1, -0.05) is 35.9 Å². The van der Waals surface area contributed by atoms with Crippen LogP contribution in [0.15, 0.2) is 48.5 Å². The van der Waals surface area contributed by atoms with E-state index in [-0.39, 0.29) is 5.82 Å². The third-order valence-corrected chi connectivity index (χ3v) is 3.83. The molecule has 21 heavy (non-hydrogen) atoms. The minimum absolute atomic E-state index is 0.268. The molecule has 1 N–H and O–H groups in total. The van der Waals surface area contributed by atoms with Gasteiger partial charge < -0.3 is 9.88 Å². The molecule has 3 rings (SSSR count). The Bertz CT molecular complexity index is 780. The van der Waals surface area contributed by atoms with Crippen molar-refractivity contribution in [2.75, 3.05) is 7.05 Å². The van der Waals surface area contributed by atoms with Crippen LogP contribution in [0, 0.1) is 5.82 Å². The van der Waals surface area contributed by atoms with Crippen LogP contribution in [0.5, 0.6) is 0 Å². The summed E-state index contributed by atoms with van der Waals surface area (Å²) in [5, 5.41) is 4.74. The van der Waals surface area contributed by atoms with Crippen LogP contribution in [0.25, 0.3) is 10.9 Å². The second-order valence-electron chi connectivity index (χ2n) is 5.05. The van der Waals surface area contributed by atoms with Crippen molar-refractivity contribution < 1.29 is 4.39 Å². The topological polar surface area (TPSA) is 17.0 Å². The minimum atomic E-state index is -0.268. The fraction of sp³-hybridized carbons (Fsp3) is 0.176. The maximum atomic E-state index is 14.0. The Morgan fingerprint density at radius 1 is 1.14 bits per heavy atom. The standard InChI is InChI=1S/C17H16ClFN2/c1-20-10-15-8-12-4-2-3-5-17(12)21(15)11-13-6-7-14(18)9-16(13)19/h2-9,20H,10-11H2,1H3. The zero-order chi connectivity index (χ0) is 14.8. The van der Waals surface area contributed by atoms with Crippen LogP contribution < -0.4 is 5.32 Å². The third-order valence-electron chi connectivity index (χ3n) is 3.60. The lowest BCUT2D eigenvalue weighted by Crippen LogP contribution is -2.12. The summed E-state index contributed by atoms with van der Waals surface area (Å²) < 4.78 is 16.2.